The largest absolute Gasteiger partial charge is 0.469 e. The third-order valence-electron chi connectivity index (χ3n) is 4.89. The molecule has 2 unspecified atom stereocenters. The fourth-order valence-electron chi connectivity index (χ4n) is 3.20. The normalized spacial score (nSPS) is 14.6. The summed E-state index contributed by atoms with van der Waals surface area (Å²) >= 11 is 0. The minimum atomic E-state index is -4.66. The van der Waals surface area contributed by atoms with Gasteiger partial charge in [-0.1, -0.05) is 83.3 Å². The number of aliphatic hydroxyl groups excluding tert-OH is 2. The molecule has 0 saturated heterocycles. The Kier molecular flexibility index (Phi) is 18.6. The summed E-state index contributed by atoms with van der Waals surface area (Å²) in [4.78, 5) is 17.7. The van der Waals surface area contributed by atoms with E-state index in [-0.39, 0.29) is 0 Å². The summed E-state index contributed by atoms with van der Waals surface area (Å²) in [5.74, 6) is 0. The van der Waals surface area contributed by atoms with Crippen LogP contribution < -0.4 is 0 Å². The Balaban J connectivity index is 3.53. The van der Waals surface area contributed by atoms with Gasteiger partial charge in [0.25, 0.3) is 0 Å². The van der Waals surface area contributed by atoms with Gasteiger partial charge in [-0.05, 0) is 32.1 Å². The Hall–Kier alpha value is -0.230. The third-order valence-corrected chi connectivity index (χ3v) is 5.43. The number of hydrogen-bond donors (Lipinski definition) is 4. The van der Waals surface area contributed by atoms with Gasteiger partial charge in [-0.15, -0.1) is 0 Å². The van der Waals surface area contributed by atoms with Gasteiger partial charge in [0.1, 0.15) is 6.10 Å². The zero-order valence-corrected chi connectivity index (χ0v) is 18.6. The Morgan fingerprint density at radius 3 is 1.75 bits per heavy atom. The molecule has 4 N–H and O–H groups in total. The highest BCUT2D eigenvalue weighted by Crippen LogP contribution is 2.39. The highest BCUT2D eigenvalue weighted by molar-refractivity contribution is 7.46. The predicted molar refractivity (Wildman–Crippen MR) is 114 cm³/mol. The first-order chi connectivity index (χ1) is 13.4. The summed E-state index contributed by atoms with van der Waals surface area (Å²) in [6.07, 6.45) is 19.2. The first-order valence-electron chi connectivity index (χ1n) is 11.1. The zero-order chi connectivity index (χ0) is 21.1. The van der Waals surface area contributed by atoms with Gasteiger partial charge >= 0.3 is 7.82 Å². The summed E-state index contributed by atoms with van der Waals surface area (Å²) in [6, 6.07) is 0. The lowest BCUT2D eigenvalue weighted by molar-refractivity contribution is -0.0179. The van der Waals surface area contributed by atoms with Crippen LogP contribution in [-0.4, -0.2) is 38.8 Å². The fourth-order valence-corrected chi connectivity index (χ4v) is 3.80. The van der Waals surface area contributed by atoms with Gasteiger partial charge in [0, 0.05) is 0 Å². The Bertz CT molecular complexity index is 410. The molecule has 0 aromatic carbocycles. The number of unbranched alkanes of at least 4 members (excludes halogenated alkanes) is 12. The van der Waals surface area contributed by atoms with E-state index >= 15 is 0 Å². The van der Waals surface area contributed by atoms with Crippen LogP contribution in [0, 0.1) is 0 Å². The van der Waals surface area contributed by atoms with Crippen molar-refractivity contribution in [3.8, 4) is 0 Å². The Morgan fingerprint density at radius 2 is 1.29 bits per heavy atom. The molecule has 0 bridgehead atoms. The maximum absolute atomic E-state index is 10.9. The van der Waals surface area contributed by atoms with Gasteiger partial charge in [0.05, 0.1) is 12.7 Å². The van der Waals surface area contributed by atoms with Crippen molar-refractivity contribution in [3.63, 3.8) is 0 Å². The molecular weight excluding hydrogens is 379 g/mol. The molecule has 0 amide bonds. The van der Waals surface area contributed by atoms with Crippen LogP contribution >= 0.6 is 7.82 Å². The molecule has 7 heteroatoms. The molecule has 0 aliphatic heterocycles. The second-order valence-electron chi connectivity index (χ2n) is 7.61. The predicted octanol–water partition coefficient (Wildman–Crippen LogP) is 5.25. The van der Waals surface area contributed by atoms with Crippen LogP contribution in [0.15, 0.2) is 12.2 Å². The monoisotopic (exact) mass is 422 g/mol. The molecule has 0 heterocycles. The number of rotatable bonds is 20. The number of aliphatic hydroxyl groups is 2. The van der Waals surface area contributed by atoms with Crippen LogP contribution in [0.25, 0.3) is 0 Å². The minimum Gasteiger partial charge on any atom is -0.394 e. The molecule has 0 rings (SSSR count). The van der Waals surface area contributed by atoms with Crippen LogP contribution in [0.3, 0.4) is 0 Å². The molecule has 0 radical (unpaired) electrons. The molecule has 0 spiro atoms. The van der Waals surface area contributed by atoms with Crippen molar-refractivity contribution in [2.24, 2.45) is 0 Å². The molecule has 0 saturated carbocycles. The highest BCUT2D eigenvalue weighted by Gasteiger charge is 2.27. The standard InChI is InChI=1S/C21H43O6P/c1-2-3-4-5-6-7-8-9-10-11-12-13-14-15-16-17-18-21(20(23)19-22)27-28(24,25)26/h9-10,20-23H,2-8,11-19H2,1H3,(H2,24,25,26)/b10-9-. The van der Waals surface area contributed by atoms with Gasteiger partial charge in [-0.2, -0.15) is 0 Å². The summed E-state index contributed by atoms with van der Waals surface area (Å²) in [5.41, 5.74) is 0. The second kappa shape index (κ2) is 18.8. The Morgan fingerprint density at radius 1 is 0.821 bits per heavy atom. The van der Waals surface area contributed by atoms with E-state index < -0.39 is 26.6 Å². The fraction of sp³-hybridized carbons (Fsp3) is 0.905. The smallest absolute Gasteiger partial charge is 0.394 e. The molecule has 6 nitrogen and oxygen atoms in total. The van der Waals surface area contributed by atoms with Gasteiger partial charge in [0.15, 0.2) is 0 Å². The molecule has 0 aliphatic rings. The average Bonchev–Trinajstić information content (AvgIpc) is 2.65. The van der Waals surface area contributed by atoms with Gasteiger partial charge in [-0.3, -0.25) is 4.52 Å². The van der Waals surface area contributed by atoms with Gasteiger partial charge < -0.3 is 20.0 Å². The van der Waals surface area contributed by atoms with E-state index in [1.165, 1.54) is 57.8 Å². The maximum Gasteiger partial charge on any atom is 0.469 e. The van der Waals surface area contributed by atoms with Crippen molar-refractivity contribution in [2.45, 2.75) is 115 Å². The summed E-state index contributed by atoms with van der Waals surface area (Å²) < 4.78 is 15.5. The molecule has 0 fully saturated rings. The van der Waals surface area contributed by atoms with E-state index in [1.807, 2.05) is 0 Å². The number of phosphoric acid groups is 1. The van der Waals surface area contributed by atoms with Crippen LogP contribution in [0.4, 0.5) is 0 Å². The van der Waals surface area contributed by atoms with E-state index in [1.54, 1.807) is 0 Å². The van der Waals surface area contributed by atoms with Gasteiger partial charge in [0.2, 0.25) is 0 Å². The van der Waals surface area contributed by atoms with Crippen molar-refractivity contribution < 1.29 is 29.1 Å². The van der Waals surface area contributed by atoms with E-state index in [0.717, 1.165) is 25.7 Å². The van der Waals surface area contributed by atoms with Crippen molar-refractivity contribution in [2.75, 3.05) is 6.61 Å². The van der Waals surface area contributed by atoms with E-state index in [9.17, 15) is 9.67 Å². The van der Waals surface area contributed by atoms with Crippen LogP contribution in [0.1, 0.15) is 103 Å². The molecule has 0 aromatic heterocycles. The molecule has 28 heavy (non-hydrogen) atoms. The topological polar surface area (TPSA) is 107 Å². The molecule has 0 aromatic rings. The second-order valence-corrected chi connectivity index (χ2v) is 8.80. The van der Waals surface area contributed by atoms with Crippen LogP contribution in [0.2, 0.25) is 0 Å². The van der Waals surface area contributed by atoms with Gasteiger partial charge in [-0.25, -0.2) is 4.57 Å². The third kappa shape index (κ3) is 19.1. The van der Waals surface area contributed by atoms with Crippen molar-refractivity contribution >= 4 is 7.82 Å². The summed E-state index contributed by atoms with van der Waals surface area (Å²) in [5, 5.41) is 18.5. The Labute approximate surface area is 171 Å². The quantitative estimate of drug-likeness (QED) is 0.121. The van der Waals surface area contributed by atoms with E-state index in [2.05, 4.69) is 23.6 Å². The van der Waals surface area contributed by atoms with Crippen molar-refractivity contribution in [3.05, 3.63) is 12.2 Å². The van der Waals surface area contributed by atoms with Crippen LogP contribution in [-0.2, 0) is 9.09 Å². The lowest BCUT2D eigenvalue weighted by atomic mass is 10.0. The average molecular weight is 423 g/mol. The van der Waals surface area contributed by atoms with E-state index in [0.29, 0.717) is 12.8 Å². The highest BCUT2D eigenvalue weighted by atomic mass is 31.2. The number of phosphoric ester groups is 1. The molecule has 168 valence electrons. The lowest BCUT2D eigenvalue weighted by Gasteiger charge is -2.21. The first kappa shape index (κ1) is 27.8. The molecule has 2 atom stereocenters. The number of hydrogen-bond acceptors (Lipinski definition) is 4. The summed E-state index contributed by atoms with van der Waals surface area (Å²) in [6.45, 7) is 1.67. The molecular formula is C21H43O6P. The summed E-state index contributed by atoms with van der Waals surface area (Å²) in [7, 11) is -4.66. The SMILES string of the molecule is CCCCCCCC/C=C\CCCCCCCCC(OP(=O)(O)O)C(O)CO. The number of allylic oxidation sites excluding steroid dienone is 2. The lowest BCUT2D eigenvalue weighted by Crippen LogP contribution is -2.31. The zero-order valence-electron chi connectivity index (χ0n) is 17.7. The van der Waals surface area contributed by atoms with Crippen molar-refractivity contribution in [1.29, 1.82) is 0 Å². The van der Waals surface area contributed by atoms with E-state index in [4.69, 9.17) is 14.9 Å². The molecule has 0 aliphatic carbocycles. The first-order valence-corrected chi connectivity index (χ1v) is 12.6. The maximum atomic E-state index is 10.9. The minimum absolute atomic E-state index is 0.327. The van der Waals surface area contributed by atoms with Crippen LogP contribution in [0.5, 0.6) is 0 Å². The van der Waals surface area contributed by atoms with Crippen molar-refractivity contribution in [1.82, 2.24) is 0 Å².